The number of nitrogens with zero attached hydrogens (tertiary/aromatic N) is 3. The molecule has 0 aromatic heterocycles. The van der Waals surface area contributed by atoms with Crippen LogP contribution in [0.15, 0.2) is 36.4 Å². The maximum Gasteiger partial charge on any atom is 0.272 e. The SMILES string of the molecule is Cc1cc(C(=O)N2CCCC2C(=O)NCCNc2cccc(F)c2C#N)ccc1[N+](=O)[O-]. The van der Waals surface area contributed by atoms with Gasteiger partial charge >= 0.3 is 0 Å². The summed E-state index contributed by atoms with van der Waals surface area (Å²) in [6.07, 6.45) is 1.18. The van der Waals surface area contributed by atoms with Crippen LogP contribution >= 0.6 is 0 Å². The van der Waals surface area contributed by atoms with Gasteiger partial charge in [-0.2, -0.15) is 5.26 Å². The van der Waals surface area contributed by atoms with Gasteiger partial charge in [0, 0.05) is 36.8 Å². The standard InChI is InChI=1S/C22H22FN5O4/c1-14-12-15(7-8-19(14)28(31)32)22(30)27-11-3-6-20(27)21(29)26-10-9-25-18-5-2-4-17(23)16(18)13-24/h2,4-5,7-8,12,20,25H,3,6,9-11H2,1H3,(H,26,29). The van der Waals surface area contributed by atoms with Crippen LogP contribution in [-0.4, -0.2) is 47.3 Å². The van der Waals surface area contributed by atoms with Crippen LogP contribution in [0.3, 0.4) is 0 Å². The Morgan fingerprint density at radius 3 is 2.78 bits per heavy atom. The summed E-state index contributed by atoms with van der Waals surface area (Å²) in [7, 11) is 0. The first-order valence-corrected chi connectivity index (χ1v) is 10.1. The Morgan fingerprint density at radius 1 is 1.31 bits per heavy atom. The lowest BCUT2D eigenvalue weighted by Gasteiger charge is -2.24. The molecule has 166 valence electrons. The molecule has 1 unspecified atom stereocenters. The first-order chi connectivity index (χ1) is 15.3. The van der Waals surface area contributed by atoms with Gasteiger partial charge in [-0.3, -0.25) is 19.7 Å². The molecule has 2 aromatic rings. The number of nitro benzene ring substituents is 1. The van der Waals surface area contributed by atoms with E-state index in [1.54, 1.807) is 19.1 Å². The number of hydrogen-bond donors (Lipinski definition) is 2. The molecule has 1 heterocycles. The monoisotopic (exact) mass is 439 g/mol. The second kappa shape index (κ2) is 9.87. The first kappa shape index (κ1) is 22.7. The van der Waals surface area contributed by atoms with Crippen molar-refractivity contribution in [3.8, 4) is 6.07 Å². The lowest BCUT2D eigenvalue weighted by molar-refractivity contribution is -0.385. The number of aryl methyl sites for hydroxylation is 1. The molecule has 1 aliphatic rings. The molecule has 0 saturated carbocycles. The molecular formula is C22H22FN5O4. The van der Waals surface area contributed by atoms with Crippen molar-refractivity contribution in [1.29, 1.82) is 5.26 Å². The number of halogens is 1. The highest BCUT2D eigenvalue weighted by atomic mass is 19.1. The van der Waals surface area contributed by atoms with E-state index in [1.807, 2.05) is 0 Å². The molecule has 10 heteroatoms. The van der Waals surface area contributed by atoms with E-state index in [4.69, 9.17) is 5.26 Å². The third kappa shape index (κ3) is 4.83. The number of anilines is 1. The van der Waals surface area contributed by atoms with E-state index in [-0.39, 0.29) is 36.2 Å². The summed E-state index contributed by atoms with van der Waals surface area (Å²) in [5.74, 6) is -1.28. The van der Waals surface area contributed by atoms with Crippen LogP contribution in [0, 0.1) is 34.2 Å². The van der Waals surface area contributed by atoms with Crippen LogP contribution in [0.25, 0.3) is 0 Å². The topological polar surface area (TPSA) is 128 Å². The quantitative estimate of drug-likeness (QED) is 0.388. The van der Waals surface area contributed by atoms with Crippen LogP contribution in [0.1, 0.15) is 34.3 Å². The van der Waals surface area contributed by atoms with Crippen LogP contribution < -0.4 is 10.6 Å². The van der Waals surface area contributed by atoms with E-state index in [2.05, 4.69) is 10.6 Å². The fourth-order valence-electron chi connectivity index (χ4n) is 3.73. The van der Waals surface area contributed by atoms with Crippen molar-refractivity contribution in [3.05, 3.63) is 69.0 Å². The van der Waals surface area contributed by atoms with Crippen molar-refractivity contribution in [2.75, 3.05) is 25.0 Å². The number of carbonyl (C=O) groups is 2. The minimum absolute atomic E-state index is 0.0670. The van der Waals surface area contributed by atoms with E-state index in [9.17, 15) is 24.1 Å². The largest absolute Gasteiger partial charge is 0.382 e. The second-order valence-corrected chi connectivity index (χ2v) is 7.41. The normalized spacial score (nSPS) is 15.2. The second-order valence-electron chi connectivity index (χ2n) is 7.41. The summed E-state index contributed by atoms with van der Waals surface area (Å²) in [5.41, 5.74) is 0.853. The number of carbonyl (C=O) groups excluding carboxylic acids is 2. The van der Waals surface area contributed by atoms with E-state index >= 15 is 0 Å². The van der Waals surface area contributed by atoms with Gasteiger partial charge in [0.05, 0.1) is 10.6 Å². The third-order valence-corrected chi connectivity index (χ3v) is 5.32. The summed E-state index contributed by atoms with van der Waals surface area (Å²) in [6.45, 7) is 2.47. The average molecular weight is 439 g/mol. The lowest BCUT2D eigenvalue weighted by atomic mass is 10.1. The molecule has 0 bridgehead atoms. The molecule has 0 aliphatic carbocycles. The first-order valence-electron chi connectivity index (χ1n) is 10.1. The lowest BCUT2D eigenvalue weighted by Crippen LogP contribution is -2.46. The molecule has 1 aliphatic heterocycles. The minimum atomic E-state index is -0.637. The molecule has 0 radical (unpaired) electrons. The summed E-state index contributed by atoms with van der Waals surface area (Å²) < 4.78 is 13.6. The van der Waals surface area contributed by atoms with Gasteiger partial charge in [-0.15, -0.1) is 0 Å². The van der Waals surface area contributed by atoms with Gasteiger partial charge in [0.2, 0.25) is 5.91 Å². The maximum absolute atomic E-state index is 13.6. The van der Waals surface area contributed by atoms with Crippen molar-refractivity contribution in [1.82, 2.24) is 10.2 Å². The maximum atomic E-state index is 13.6. The van der Waals surface area contributed by atoms with E-state index < -0.39 is 16.8 Å². The Bertz CT molecular complexity index is 1100. The van der Waals surface area contributed by atoms with Crippen molar-refractivity contribution in [3.63, 3.8) is 0 Å². The highest BCUT2D eigenvalue weighted by molar-refractivity contribution is 5.98. The summed E-state index contributed by atoms with van der Waals surface area (Å²) in [6, 6.07) is 9.58. The molecule has 32 heavy (non-hydrogen) atoms. The molecular weight excluding hydrogens is 417 g/mol. The van der Waals surface area contributed by atoms with Gasteiger partial charge in [0.15, 0.2) is 0 Å². The van der Waals surface area contributed by atoms with Gasteiger partial charge in [-0.05, 0) is 44.0 Å². The zero-order valence-corrected chi connectivity index (χ0v) is 17.4. The summed E-state index contributed by atoms with van der Waals surface area (Å²) >= 11 is 0. The number of rotatable bonds is 7. The Hall–Kier alpha value is -4.00. The molecule has 0 spiro atoms. The van der Waals surface area contributed by atoms with Gasteiger partial charge in [-0.25, -0.2) is 4.39 Å². The predicted molar refractivity (Wildman–Crippen MR) is 115 cm³/mol. The number of nitro groups is 1. The van der Waals surface area contributed by atoms with Gasteiger partial charge in [0.1, 0.15) is 23.5 Å². The molecule has 2 amide bonds. The Morgan fingerprint density at radius 2 is 2.09 bits per heavy atom. The molecule has 1 saturated heterocycles. The zero-order chi connectivity index (χ0) is 23.3. The fraction of sp³-hybridized carbons (Fsp3) is 0.318. The highest BCUT2D eigenvalue weighted by Gasteiger charge is 2.34. The number of likely N-dealkylation sites (tertiary alicyclic amines) is 1. The number of nitrogens with one attached hydrogen (secondary N) is 2. The van der Waals surface area contributed by atoms with E-state index in [0.29, 0.717) is 36.2 Å². The minimum Gasteiger partial charge on any atom is -0.382 e. The van der Waals surface area contributed by atoms with Gasteiger partial charge in [0.25, 0.3) is 11.6 Å². The Balaban J connectivity index is 1.58. The molecule has 3 rings (SSSR count). The van der Waals surface area contributed by atoms with Crippen molar-refractivity contribution >= 4 is 23.2 Å². The fourth-order valence-corrected chi connectivity index (χ4v) is 3.73. The van der Waals surface area contributed by atoms with Gasteiger partial charge < -0.3 is 15.5 Å². The van der Waals surface area contributed by atoms with E-state index in [0.717, 1.165) is 0 Å². The van der Waals surface area contributed by atoms with Crippen LogP contribution in [-0.2, 0) is 4.79 Å². The third-order valence-electron chi connectivity index (χ3n) is 5.32. The average Bonchev–Trinajstić information content (AvgIpc) is 3.26. The number of nitriles is 1. The Labute approximate surface area is 184 Å². The van der Waals surface area contributed by atoms with Crippen LogP contribution in [0.5, 0.6) is 0 Å². The summed E-state index contributed by atoms with van der Waals surface area (Å²) in [4.78, 5) is 37.5. The molecule has 2 N–H and O–H groups in total. The number of hydrogen-bond acceptors (Lipinski definition) is 6. The van der Waals surface area contributed by atoms with Crippen LogP contribution in [0.4, 0.5) is 15.8 Å². The van der Waals surface area contributed by atoms with Crippen molar-refractivity contribution in [2.45, 2.75) is 25.8 Å². The highest BCUT2D eigenvalue weighted by Crippen LogP contribution is 2.24. The zero-order valence-electron chi connectivity index (χ0n) is 17.4. The van der Waals surface area contributed by atoms with Crippen molar-refractivity contribution in [2.24, 2.45) is 0 Å². The number of benzene rings is 2. The smallest absolute Gasteiger partial charge is 0.272 e. The number of amides is 2. The predicted octanol–water partition coefficient (Wildman–Crippen LogP) is 2.75. The van der Waals surface area contributed by atoms with Crippen LogP contribution in [0.2, 0.25) is 0 Å². The molecule has 1 atom stereocenters. The van der Waals surface area contributed by atoms with Crippen molar-refractivity contribution < 1.29 is 18.9 Å². The molecule has 1 fully saturated rings. The van der Waals surface area contributed by atoms with Gasteiger partial charge in [-0.1, -0.05) is 6.07 Å². The van der Waals surface area contributed by atoms with E-state index in [1.165, 1.54) is 35.2 Å². The molecule has 2 aromatic carbocycles. The summed E-state index contributed by atoms with van der Waals surface area (Å²) in [5, 5.41) is 25.7. The Kier molecular flexibility index (Phi) is 7.00. The molecule has 9 nitrogen and oxygen atoms in total.